The quantitative estimate of drug-likeness (QED) is 0.465. The molecule has 0 radical (unpaired) electrons. The fourth-order valence-electron chi connectivity index (χ4n) is 3.72. The number of hydrogen-bond donors (Lipinski definition) is 3. The lowest BCUT2D eigenvalue weighted by atomic mass is 10.0. The van der Waals surface area contributed by atoms with Crippen molar-refractivity contribution in [1.29, 1.82) is 0 Å². The van der Waals surface area contributed by atoms with Gasteiger partial charge in [0.25, 0.3) is 0 Å². The Morgan fingerprint density at radius 3 is 2.35 bits per heavy atom. The highest BCUT2D eigenvalue weighted by atomic mass is 16.6. The summed E-state index contributed by atoms with van der Waals surface area (Å²) in [6.45, 7) is -0.365. The third-order valence-corrected chi connectivity index (χ3v) is 5.22. The summed E-state index contributed by atoms with van der Waals surface area (Å²) < 4.78 is 18.0. The van der Waals surface area contributed by atoms with Gasteiger partial charge >= 0.3 is 0 Å². The van der Waals surface area contributed by atoms with Crippen LogP contribution in [0.15, 0.2) is 75.9 Å². The zero-order valence-electron chi connectivity index (χ0n) is 16.2. The van der Waals surface area contributed by atoms with Crippen molar-refractivity contribution < 1.29 is 29.2 Å². The highest BCUT2D eigenvalue weighted by molar-refractivity contribution is 5.92. The summed E-state index contributed by atoms with van der Waals surface area (Å²) >= 11 is 0. The zero-order valence-corrected chi connectivity index (χ0v) is 16.2. The standard InChI is InChI=1S/C24H18O7/c25-12-20-22(14-6-8-15(26)9-7-14)30-19-11-17(28)21-16(27)10-18(13-4-2-1-3-5-13)29-24(21)23(19)31-20/h1-11,20,22,25-26,28H,12H2. The second-order valence-corrected chi connectivity index (χ2v) is 7.24. The van der Waals surface area contributed by atoms with Crippen LogP contribution in [-0.4, -0.2) is 28.0 Å². The van der Waals surface area contributed by atoms with E-state index in [4.69, 9.17) is 13.9 Å². The number of fused-ring (bicyclic) bond motifs is 3. The van der Waals surface area contributed by atoms with Gasteiger partial charge in [-0.2, -0.15) is 0 Å². The molecule has 5 rings (SSSR count). The van der Waals surface area contributed by atoms with E-state index in [1.807, 2.05) is 18.2 Å². The van der Waals surface area contributed by atoms with Crippen molar-refractivity contribution in [2.45, 2.75) is 12.2 Å². The molecule has 4 aromatic rings. The molecule has 156 valence electrons. The van der Waals surface area contributed by atoms with Crippen LogP contribution in [-0.2, 0) is 0 Å². The lowest BCUT2D eigenvalue weighted by molar-refractivity contribution is -0.0118. The van der Waals surface area contributed by atoms with Crippen LogP contribution in [0.2, 0.25) is 0 Å². The van der Waals surface area contributed by atoms with Crippen molar-refractivity contribution in [3.05, 3.63) is 82.5 Å². The molecular formula is C24H18O7. The Kier molecular flexibility index (Phi) is 4.52. The topological polar surface area (TPSA) is 109 Å². The van der Waals surface area contributed by atoms with Crippen LogP contribution >= 0.6 is 0 Å². The van der Waals surface area contributed by atoms with Gasteiger partial charge < -0.3 is 29.2 Å². The van der Waals surface area contributed by atoms with E-state index in [-0.39, 0.29) is 40.6 Å². The normalized spacial score (nSPS) is 17.6. The molecule has 31 heavy (non-hydrogen) atoms. The van der Waals surface area contributed by atoms with E-state index in [9.17, 15) is 20.1 Å². The maximum Gasteiger partial charge on any atom is 0.205 e. The van der Waals surface area contributed by atoms with Crippen LogP contribution in [0.3, 0.4) is 0 Å². The average molecular weight is 418 g/mol. The fourth-order valence-corrected chi connectivity index (χ4v) is 3.72. The number of phenols is 2. The molecule has 0 spiro atoms. The second kappa shape index (κ2) is 7.37. The predicted octanol–water partition coefficient (Wildman–Crippen LogP) is 3.74. The number of aromatic hydroxyl groups is 2. The van der Waals surface area contributed by atoms with Gasteiger partial charge in [-0.1, -0.05) is 42.5 Å². The Morgan fingerprint density at radius 1 is 0.903 bits per heavy atom. The molecule has 0 fully saturated rings. The summed E-state index contributed by atoms with van der Waals surface area (Å²) in [7, 11) is 0. The first-order valence-corrected chi connectivity index (χ1v) is 9.67. The first-order chi connectivity index (χ1) is 15.0. The number of benzene rings is 3. The van der Waals surface area contributed by atoms with Crippen LogP contribution in [0.4, 0.5) is 0 Å². The maximum atomic E-state index is 12.8. The summed E-state index contributed by atoms with van der Waals surface area (Å²) in [6.07, 6.45) is -1.49. The minimum Gasteiger partial charge on any atom is -0.508 e. The fraction of sp³-hybridized carbons (Fsp3) is 0.125. The van der Waals surface area contributed by atoms with Crippen LogP contribution in [0.25, 0.3) is 22.3 Å². The number of aliphatic hydroxyl groups excluding tert-OH is 1. The second-order valence-electron chi connectivity index (χ2n) is 7.24. The van der Waals surface area contributed by atoms with Crippen molar-refractivity contribution in [1.82, 2.24) is 0 Å². The van der Waals surface area contributed by atoms with Crippen LogP contribution in [0, 0.1) is 0 Å². The monoisotopic (exact) mass is 418 g/mol. The Balaban J connectivity index is 1.68. The van der Waals surface area contributed by atoms with Crippen molar-refractivity contribution in [2.24, 2.45) is 0 Å². The van der Waals surface area contributed by atoms with Gasteiger partial charge in [-0.05, 0) is 17.7 Å². The molecule has 0 amide bonds. The first kappa shape index (κ1) is 19.0. The van der Waals surface area contributed by atoms with Crippen molar-refractivity contribution in [3.8, 4) is 34.3 Å². The van der Waals surface area contributed by atoms with Gasteiger partial charge in [0.15, 0.2) is 29.0 Å². The molecule has 3 aromatic carbocycles. The number of aliphatic hydroxyl groups is 1. The van der Waals surface area contributed by atoms with E-state index < -0.39 is 17.6 Å². The first-order valence-electron chi connectivity index (χ1n) is 9.67. The Morgan fingerprint density at radius 2 is 1.65 bits per heavy atom. The predicted molar refractivity (Wildman–Crippen MR) is 113 cm³/mol. The summed E-state index contributed by atoms with van der Waals surface area (Å²) in [6, 6.07) is 18.0. The zero-order chi connectivity index (χ0) is 21.5. The number of ether oxygens (including phenoxy) is 2. The Hall–Kier alpha value is -3.97. The third-order valence-electron chi connectivity index (χ3n) is 5.22. The molecule has 1 aromatic heterocycles. The van der Waals surface area contributed by atoms with Crippen molar-refractivity contribution >= 4 is 11.0 Å². The van der Waals surface area contributed by atoms with Gasteiger partial charge in [0.05, 0.1) is 6.61 Å². The molecule has 7 nitrogen and oxygen atoms in total. The van der Waals surface area contributed by atoms with E-state index in [0.29, 0.717) is 16.9 Å². The summed E-state index contributed by atoms with van der Waals surface area (Å²) in [5.74, 6) is 0.437. The molecule has 2 unspecified atom stereocenters. The molecule has 3 N–H and O–H groups in total. The van der Waals surface area contributed by atoms with E-state index in [1.54, 1.807) is 24.3 Å². The van der Waals surface area contributed by atoms with E-state index >= 15 is 0 Å². The van der Waals surface area contributed by atoms with E-state index in [0.717, 1.165) is 0 Å². The molecule has 0 bridgehead atoms. The Bertz CT molecular complexity index is 1310. The lowest BCUT2D eigenvalue weighted by Gasteiger charge is -2.33. The van der Waals surface area contributed by atoms with Gasteiger partial charge in [0.2, 0.25) is 5.75 Å². The average Bonchev–Trinajstić information content (AvgIpc) is 2.79. The van der Waals surface area contributed by atoms with Gasteiger partial charge in [-0.15, -0.1) is 0 Å². The Labute approximate surface area is 176 Å². The van der Waals surface area contributed by atoms with Gasteiger partial charge in [0.1, 0.15) is 22.6 Å². The number of phenolic OH excluding ortho intramolecular Hbond substituents is 2. The van der Waals surface area contributed by atoms with Crippen LogP contribution in [0.1, 0.15) is 11.7 Å². The molecule has 1 aliphatic heterocycles. The van der Waals surface area contributed by atoms with Gasteiger partial charge in [-0.3, -0.25) is 4.79 Å². The smallest absolute Gasteiger partial charge is 0.205 e. The molecule has 2 atom stereocenters. The largest absolute Gasteiger partial charge is 0.508 e. The molecule has 1 aliphatic rings. The maximum absolute atomic E-state index is 12.8. The summed E-state index contributed by atoms with van der Waals surface area (Å²) in [4.78, 5) is 12.8. The van der Waals surface area contributed by atoms with Crippen LogP contribution in [0.5, 0.6) is 23.0 Å². The highest BCUT2D eigenvalue weighted by Crippen LogP contribution is 2.47. The van der Waals surface area contributed by atoms with Gasteiger partial charge in [-0.25, -0.2) is 0 Å². The molecule has 0 saturated heterocycles. The minimum atomic E-state index is -0.796. The molecule has 7 heteroatoms. The highest BCUT2D eigenvalue weighted by Gasteiger charge is 2.35. The van der Waals surface area contributed by atoms with Gasteiger partial charge in [0, 0.05) is 17.7 Å². The minimum absolute atomic E-state index is 0.0261. The lowest BCUT2D eigenvalue weighted by Crippen LogP contribution is -2.36. The van der Waals surface area contributed by atoms with Crippen molar-refractivity contribution in [2.75, 3.05) is 6.61 Å². The van der Waals surface area contributed by atoms with Crippen molar-refractivity contribution in [3.63, 3.8) is 0 Å². The van der Waals surface area contributed by atoms with E-state index in [2.05, 4.69) is 0 Å². The number of rotatable bonds is 3. The SMILES string of the molecule is O=c1cc(-c2ccccc2)oc2c3c(cc(O)c12)OC(c1ccc(O)cc1)C(CO)O3. The third kappa shape index (κ3) is 3.25. The van der Waals surface area contributed by atoms with E-state index in [1.165, 1.54) is 24.3 Å². The van der Waals surface area contributed by atoms with Crippen LogP contribution < -0.4 is 14.9 Å². The molecule has 0 aliphatic carbocycles. The summed E-state index contributed by atoms with van der Waals surface area (Å²) in [5.41, 5.74) is 0.978. The number of hydrogen-bond acceptors (Lipinski definition) is 7. The molecule has 0 saturated carbocycles. The molecule has 2 heterocycles. The molecular weight excluding hydrogens is 400 g/mol. The summed E-state index contributed by atoms with van der Waals surface area (Å²) in [5, 5.41) is 29.9.